The summed E-state index contributed by atoms with van der Waals surface area (Å²) in [6.07, 6.45) is 2.59. The van der Waals surface area contributed by atoms with Crippen molar-refractivity contribution in [2.24, 2.45) is 5.92 Å². The zero-order valence-electron chi connectivity index (χ0n) is 14.1. The quantitative estimate of drug-likeness (QED) is 0.781. The van der Waals surface area contributed by atoms with E-state index in [-0.39, 0.29) is 11.8 Å². The van der Waals surface area contributed by atoms with Crippen LogP contribution < -0.4 is 5.32 Å². The van der Waals surface area contributed by atoms with E-state index in [0.717, 1.165) is 17.9 Å². The van der Waals surface area contributed by atoms with E-state index in [2.05, 4.69) is 34.6 Å². The van der Waals surface area contributed by atoms with Crippen molar-refractivity contribution in [3.05, 3.63) is 77.9 Å². The minimum atomic E-state index is 0.0641. The number of rotatable bonds is 5. The van der Waals surface area contributed by atoms with Gasteiger partial charge in [-0.05, 0) is 42.5 Å². The fourth-order valence-corrected chi connectivity index (χ4v) is 3.31. The molecule has 0 radical (unpaired) electrons. The number of para-hydroxylation sites is 1. The highest BCUT2D eigenvalue weighted by Gasteiger charge is 2.44. The molecule has 4 rings (SSSR count). The van der Waals surface area contributed by atoms with Gasteiger partial charge >= 0.3 is 0 Å². The van der Waals surface area contributed by atoms with Gasteiger partial charge in [0, 0.05) is 11.6 Å². The van der Waals surface area contributed by atoms with Gasteiger partial charge in [-0.2, -0.15) is 0 Å². The van der Waals surface area contributed by atoms with E-state index < -0.39 is 0 Å². The normalized spacial score (nSPS) is 18.8. The van der Waals surface area contributed by atoms with Crippen LogP contribution in [0.1, 0.15) is 29.3 Å². The molecule has 0 spiro atoms. The molecule has 2 aromatic carbocycles. The zero-order valence-corrected chi connectivity index (χ0v) is 14.1. The Morgan fingerprint density at radius 2 is 1.92 bits per heavy atom. The minimum Gasteiger partial charge on any atom is -0.349 e. The molecule has 0 saturated heterocycles. The highest BCUT2D eigenvalue weighted by atomic mass is 16.2. The summed E-state index contributed by atoms with van der Waals surface area (Å²) in [6.45, 7) is 2.48. The minimum absolute atomic E-state index is 0.0641. The second-order valence-electron chi connectivity index (χ2n) is 6.48. The molecule has 1 N–H and O–H groups in total. The molecule has 3 aromatic rings. The monoisotopic (exact) mass is 332 g/mol. The summed E-state index contributed by atoms with van der Waals surface area (Å²) >= 11 is 0. The SMILES string of the molecule is Cc1ccccc1[C@@H]1C[C@@H]1C(=O)NCc1nncn1-c1ccccc1. The van der Waals surface area contributed by atoms with Gasteiger partial charge in [0.05, 0.1) is 6.54 Å². The van der Waals surface area contributed by atoms with Crippen LogP contribution in [-0.4, -0.2) is 20.7 Å². The Labute approximate surface area is 146 Å². The molecule has 1 heterocycles. The smallest absolute Gasteiger partial charge is 0.224 e. The van der Waals surface area contributed by atoms with Crippen LogP contribution in [0.5, 0.6) is 0 Å². The summed E-state index contributed by atoms with van der Waals surface area (Å²) in [5.41, 5.74) is 3.53. The van der Waals surface area contributed by atoms with E-state index >= 15 is 0 Å². The molecular formula is C20H20N4O. The maximum atomic E-state index is 12.5. The molecule has 0 bridgehead atoms. The Hall–Kier alpha value is -2.95. The first-order chi connectivity index (χ1) is 12.2. The lowest BCUT2D eigenvalue weighted by Crippen LogP contribution is -2.26. The van der Waals surface area contributed by atoms with Crippen LogP contribution in [0.25, 0.3) is 5.69 Å². The van der Waals surface area contributed by atoms with E-state index in [1.54, 1.807) is 6.33 Å². The molecule has 1 fully saturated rings. The van der Waals surface area contributed by atoms with Gasteiger partial charge in [-0.1, -0.05) is 42.5 Å². The maximum absolute atomic E-state index is 12.5. The molecule has 1 aliphatic carbocycles. The summed E-state index contributed by atoms with van der Waals surface area (Å²) < 4.78 is 1.89. The summed E-state index contributed by atoms with van der Waals surface area (Å²) in [5.74, 6) is 1.23. The Morgan fingerprint density at radius 1 is 1.16 bits per heavy atom. The van der Waals surface area contributed by atoms with Crippen molar-refractivity contribution in [2.75, 3.05) is 0 Å². The van der Waals surface area contributed by atoms with Gasteiger partial charge in [-0.15, -0.1) is 10.2 Å². The highest BCUT2D eigenvalue weighted by Crippen LogP contribution is 2.48. The van der Waals surface area contributed by atoms with Crippen molar-refractivity contribution in [1.82, 2.24) is 20.1 Å². The number of carbonyl (C=O) groups is 1. The number of aromatic nitrogens is 3. The van der Waals surface area contributed by atoms with E-state index in [1.165, 1.54) is 11.1 Å². The molecule has 126 valence electrons. The van der Waals surface area contributed by atoms with Gasteiger partial charge in [-0.3, -0.25) is 9.36 Å². The van der Waals surface area contributed by atoms with Crippen LogP contribution >= 0.6 is 0 Å². The Kier molecular flexibility index (Phi) is 4.06. The standard InChI is InChI=1S/C20H20N4O/c1-14-7-5-6-10-16(14)17-11-18(17)20(25)21-12-19-23-22-13-24(19)15-8-3-2-4-9-15/h2-10,13,17-18H,11-12H2,1H3,(H,21,25)/t17-,18-/m0/s1. The fraction of sp³-hybridized carbons (Fsp3) is 0.250. The molecule has 2 atom stereocenters. The molecule has 25 heavy (non-hydrogen) atoms. The van der Waals surface area contributed by atoms with Crippen molar-refractivity contribution in [3.63, 3.8) is 0 Å². The molecule has 5 nitrogen and oxygen atoms in total. The number of amides is 1. The lowest BCUT2D eigenvalue weighted by atomic mass is 10.0. The summed E-state index contributed by atoms with van der Waals surface area (Å²) in [4.78, 5) is 12.5. The van der Waals surface area contributed by atoms with E-state index in [0.29, 0.717) is 12.5 Å². The lowest BCUT2D eigenvalue weighted by molar-refractivity contribution is -0.122. The third-order valence-electron chi connectivity index (χ3n) is 4.79. The first-order valence-electron chi connectivity index (χ1n) is 8.51. The van der Waals surface area contributed by atoms with E-state index in [4.69, 9.17) is 0 Å². The van der Waals surface area contributed by atoms with Gasteiger partial charge in [0.25, 0.3) is 0 Å². The number of hydrogen-bond acceptors (Lipinski definition) is 3. The predicted octanol–water partition coefficient (Wildman–Crippen LogP) is 3.00. The van der Waals surface area contributed by atoms with Crippen LogP contribution in [0.3, 0.4) is 0 Å². The van der Waals surface area contributed by atoms with Crippen molar-refractivity contribution in [3.8, 4) is 5.69 Å². The Bertz CT molecular complexity index is 887. The number of nitrogens with zero attached hydrogens (tertiary/aromatic N) is 3. The molecule has 1 aromatic heterocycles. The van der Waals surface area contributed by atoms with Crippen LogP contribution in [0.4, 0.5) is 0 Å². The summed E-state index contributed by atoms with van der Waals surface area (Å²) in [6, 6.07) is 18.2. The molecule has 1 amide bonds. The van der Waals surface area contributed by atoms with E-state index in [9.17, 15) is 4.79 Å². The highest BCUT2D eigenvalue weighted by molar-refractivity contribution is 5.82. The van der Waals surface area contributed by atoms with Crippen LogP contribution in [0, 0.1) is 12.8 Å². The maximum Gasteiger partial charge on any atom is 0.224 e. The molecule has 0 unspecified atom stereocenters. The zero-order chi connectivity index (χ0) is 17.2. The van der Waals surface area contributed by atoms with Gasteiger partial charge in [0.2, 0.25) is 5.91 Å². The Morgan fingerprint density at radius 3 is 2.72 bits per heavy atom. The second kappa shape index (κ2) is 6.51. The second-order valence-corrected chi connectivity index (χ2v) is 6.48. The number of nitrogens with one attached hydrogen (secondary N) is 1. The molecular weight excluding hydrogens is 312 g/mol. The number of aryl methyl sites for hydroxylation is 1. The van der Waals surface area contributed by atoms with Gasteiger partial charge in [0.1, 0.15) is 6.33 Å². The lowest BCUT2D eigenvalue weighted by Gasteiger charge is -2.08. The van der Waals surface area contributed by atoms with Crippen LogP contribution in [0.2, 0.25) is 0 Å². The first-order valence-corrected chi connectivity index (χ1v) is 8.51. The topological polar surface area (TPSA) is 59.8 Å². The van der Waals surface area contributed by atoms with Gasteiger partial charge in [-0.25, -0.2) is 0 Å². The number of hydrogen-bond donors (Lipinski definition) is 1. The first kappa shape index (κ1) is 15.6. The Balaban J connectivity index is 1.40. The van der Waals surface area contributed by atoms with Crippen molar-refractivity contribution in [1.29, 1.82) is 0 Å². The largest absolute Gasteiger partial charge is 0.349 e. The van der Waals surface area contributed by atoms with E-state index in [1.807, 2.05) is 47.0 Å². The van der Waals surface area contributed by atoms with Crippen molar-refractivity contribution >= 4 is 5.91 Å². The third kappa shape index (κ3) is 3.18. The number of carbonyl (C=O) groups excluding carboxylic acids is 1. The average Bonchev–Trinajstić information content (AvgIpc) is 3.30. The average molecular weight is 332 g/mol. The van der Waals surface area contributed by atoms with Crippen molar-refractivity contribution in [2.45, 2.75) is 25.8 Å². The van der Waals surface area contributed by atoms with Gasteiger partial charge < -0.3 is 5.32 Å². The van der Waals surface area contributed by atoms with Crippen molar-refractivity contribution < 1.29 is 4.79 Å². The molecule has 0 aliphatic heterocycles. The third-order valence-corrected chi connectivity index (χ3v) is 4.79. The molecule has 1 aliphatic rings. The van der Waals surface area contributed by atoms with Gasteiger partial charge in [0.15, 0.2) is 5.82 Å². The summed E-state index contributed by atoms with van der Waals surface area (Å²) in [5, 5.41) is 11.1. The predicted molar refractivity (Wildman–Crippen MR) is 95.2 cm³/mol. The number of benzene rings is 2. The molecule has 1 saturated carbocycles. The van der Waals surface area contributed by atoms with Crippen LogP contribution in [-0.2, 0) is 11.3 Å². The van der Waals surface area contributed by atoms with Crippen LogP contribution in [0.15, 0.2) is 60.9 Å². The summed E-state index contributed by atoms with van der Waals surface area (Å²) in [7, 11) is 0. The fourth-order valence-electron chi connectivity index (χ4n) is 3.31. The molecule has 5 heteroatoms.